The largest absolute Gasteiger partial charge is 0.476 e. The molecular weight excluding hydrogens is 300 g/mol. The molecule has 0 N–H and O–H groups in total. The molecule has 5 nitrogen and oxygen atoms in total. The Kier molecular flexibility index (Phi) is 9.91. The predicted octanol–water partition coefficient (Wildman–Crippen LogP) is 1.36. The van der Waals surface area contributed by atoms with Gasteiger partial charge in [-0.1, -0.05) is 13.3 Å². The van der Waals surface area contributed by atoms with E-state index in [2.05, 4.69) is 33.1 Å². The summed E-state index contributed by atoms with van der Waals surface area (Å²) in [5.74, 6) is 0. The zero-order chi connectivity index (χ0) is 14.2. The number of rotatable bonds is 10. The minimum Gasteiger partial charge on any atom is -0.420 e. The Morgan fingerprint density at radius 2 is 1.28 bits per heavy atom. The molecule has 18 heavy (non-hydrogen) atoms. The van der Waals surface area contributed by atoms with Crippen molar-refractivity contribution in [2.45, 2.75) is 45.6 Å². The summed E-state index contributed by atoms with van der Waals surface area (Å²) < 4.78 is 28.9. The number of hydrogen-bond acceptors (Lipinski definition) is 5. The third kappa shape index (κ3) is 7.30. The topological polar surface area (TPSA) is 46.2 Å². The van der Waals surface area contributed by atoms with Gasteiger partial charge in [-0.05, 0) is 26.2 Å². The molecule has 0 bridgehead atoms. The molecule has 0 aromatic rings. The SMILES string of the molecule is CCC[Si](O[SiH](C)C)(O[SiH](C)C)O[SiH](OC)OC. The molecule has 0 aliphatic heterocycles. The molecule has 0 aliphatic carbocycles. The molecule has 0 rings (SSSR count). The van der Waals surface area contributed by atoms with E-state index in [1.165, 1.54) is 0 Å². The summed E-state index contributed by atoms with van der Waals surface area (Å²) in [5.41, 5.74) is 0. The van der Waals surface area contributed by atoms with Crippen LogP contribution in [0.4, 0.5) is 0 Å². The molecule has 0 fully saturated rings. The maximum atomic E-state index is 6.17. The third-order valence-corrected chi connectivity index (χ3v) is 12.8. The van der Waals surface area contributed by atoms with Gasteiger partial charge < -0.3 is 21.2 Å². The van der Waals surface area contributed by atoms with E-state index in [0.717, 1.165) is 12.5 Å². The second-order valence-corrected chi connectivity index (χ2v) is 15.1. The fourth-order valence-corrected chi connectivity index (χ4v) is 13.7. The number of hydrogen-bond donors (Lipinski definition) is 0. The first-order valence-electron chi connectivity index (χ1n) is 6.48. The third-order valence-electron chi connectivity index (χ3n) is 2.05. The lowest BCUT2D eigenvalue weighted by atomic mass is 10.6. The first-order valence-corrected chi connectivity index (χ1v) is 15.4. The summed E-state index contributed by atoms with van der Waals surface area (Å²) >= 11 is 0. The molecule has 0 aromatic heterocycles. The van der Waals surface area contributed by atoms with Crippen LogP contribution in [-0.4, -0.2) is 50.6 Å². The average molecular weight is 329 g/mol. The minimum absolute atomic E-state index is 0.847. The van der Waals surface area contributed by atoms with E-state index in [1.807, 2.05) is 0 Å². The fourth-order valence-electron chi connectivity index (χ4n) is 1.62. The molecule has 0 radical (unpaired) electrons. The molecule has 0 saturated carbocycles. The summed E-state index contributed by atoms with van der Waals surface area (Å²) in [4.78, 5) is 0. The van der Waals surface area contributed by atoms with E-state index < -0.39 is 36.4 Å². The summed E-state index contributed by atoms with van der Waals surface area (Å²) in [5, 5.41) is 0. The molecule has 9 heteroatoms. The van der Waals surface area contributed by atoms with Crippen LogP contribution in [-0.2, 0) is 21.2 Å². The summed E-state index contributed by atoms with van der Waals surface area (Å²) in [6.07, 6.45) is 0.989. The Balaban J connectivity index is 4.90. The fraction of sp³-hybridized carbons (Fsp3) is 1.00. The van der Waals surface area contributed by atoms with Gasteiger partial charge in [-0.3, -0.25) is 0 Å². The molecular formula is C9H28O5Si4. The first-order chi connectivity index (χ1) is 8.39. The molecule has 0 aromatic carbocycles. The Morgan fingerprint density at radius 3 is 1.56 bits per heavy atom. The van der Waals surface area contributed by atoms with Gasteiger partial charge >= 0.3 is 18.3 Å². The van der Waals surface area contributed by atoms with E-state index in [-0.39, 0.29) is 0 Å². The minimum atomic E-state index is -2.59. The Bertz CT molecular complexity index is 203. The van der Waals surface area contributed by atoms with Gasteiger partial charge in [0, 0.05) is 20.3 Å². The van der Waals surface area contributed by atoms with Crippen molar-refractivity contribution in [3.63, 3.8) is 0 Å². The summed E-state index contributed by atoms with van der Waals surface area (Å²) in [6.45, 7) is 10.7. The lowest BCUT2D eigenvalue weighted by Gasteiger charge is -2.35. The predicted molar refractivity (Wildman–Crippen MR) is 83.0 cm³/mol. The Hall–Kier alpha value is 0.668. The highest BCUT2D eigenvalue weighted by Gasteiger charge is 2.44. The molecule has 0 spiro atoms. The van der Waals surface area contributed by atoms with Crippen molar-refractivity contribution in [3.8, 4) is 0 Å². The van der Waals surface area contributed by atoms with Crippen LogP contribution in [0.25, 0.3) is 0 Å². The van der Waals surface area contributed by atoms with Gasteiger partial charge in [-0.25, -0.2) is 0 Å². The van der Waals surface area contributed by atoms with E-state index in [9.17, 15) is 0 Å². The summed E-state index contributed by atoms with van der Waals surface area (Å²) in [6, 6.07) is 0.847. The van der Waals surface area contributed by atoms with Gasteiger partial charge in [0.1, 0.15) is 0 Å². The highest BCUT2D eigenvalue weighted by Crippen LogP contribution is 2.21. The van der Waals surface area contributed by atoms with Gasteiger partial charge in [-0.2, -0.15) is 0 Å². The molecule has 0 unspecified atom stereocenters. The molecule has 0 heterocycles. The zero-order valence-electron chi connectivity index (χ0n) is 12.7. The van der Waals surface area contributed by atoms with Crippen LogP contribution in [0, 0.1) is 0 Å². The first kappa shape index (κ1) is 18.7. The van der Waals surface area contributed by atoms with Crippen LogP contribution >= 0.6 is 0 Å². The molecule has 0 atom stereocenters. The second kappa shape index (κ2) is 9.55. The zero-order valence-corrected chi connectivity index (χ0v) is 17.2. The molecule has 110 valence electrons. The standard InChI is InChI=1S/C9H28O5Si4/c1-8-9-18(12-15(4)5,13-16(6)7)14-17(10-2)11-3/h15-17H,8-9H2,1-7H3. The van der Waals surface area contributed by atoms with Crippen molar-refractivity contribution in [3.05, 3.63) is 0 Å². The Labute approximate surface area is 118 Å². The highest BCUT2D eigenvalue weighted by atomic mass is 28.5. The van der Waals surface area contributed by atoms with Gasteiger partial charge in [0.25, 0.3) is 0 Å². The molecule has 0 amide bonds. The van der Waals surface area contributed by atoms with Crippen molar-refractivity contribution in [2.24, 2.45) is 0 Å². The van der Waals surface area contributed by atoms with E-state index in [4.69, 9.17) is 21.2 Å². The smallest absolute Gasteiger partial charge is 0.420 e. The molecule has 0 saturated heterocycles. The Morgan fingerprint density at radius 1 is 0.833 bits per heavy atom. The maximum absolute atomic E-state index is 6.17. The van der Waals surface area contributed by atoms with Crippen LogP contribution in [0.1, 0.15) is 13.3 Å². The van der Waals surface area contributed by atoms with Gasteiger partial charge in [0.15, 0.2) is 18.1 Å². The highest BCUT2D eigenvalue weighted by molar-refractivity contribution is 6.78. The van der Waals surface area contributed by atoms with E-state index in [0.29, 0.717) is 0 Å². The van der Waals surface area contributed by atoms with Crippen molar-refractivity contribution in [1.82, 2.24) is 0 Å². The van der Waals surface area contributed by atoms with Crippen molar-refractivity contribution >= 4 is 36.4 Å². The quantitative estimate of drug-likeness (QED) is 0.567. The van der Waals surface area contributed by atoms with Crippen LogP contribution in [0.5, 0.6) is 0 Å². The van der Waals surface area contributed by atoms with E-state index in [1.54, 1.807) is 14.2 Å². The normalized spacial score (nSPS) is 13.0. The van der Waals surface area contributed by atoms with Gasteiger partial charge in [-0.15, -0.1) is 0 Å². The van der Waals surface area contributed by atoms with Crippen LogP contribution in [0.2, 0.25) is 32.2 Å². The maximum Gasteiger partial charge on any atom is 0.476 e. The average Bonchev–Trinajstić information content (AvgIpc) is 2.24. The summed E-state index contributed by atoms with van der Waals surface area (Å²) in [7, 11) is -3.91. The van der Waals surface area contributed by atoms with Crippen molar-refractivity contribution in [2.75, 3.05) is 14.2 Å². The van der Waals surface area contributed by atoms with Crippen LogP contribution in [0.15, 0.2) is 0 Å². The monoisotopic (exact) mass is 328 g/mol. The van der Waals surface area contributed by atoms with Crippen molar-refractivity contribution < 1.29 is 21.2 Å². The van der Waals surface area contributed by atoms with Crippen LogP contribution in [0.3, 0.4) is 0 Å². The van der Waals surface area contributed by atoms with E-state index >= 15 is 0 Å². The van der Waals surface area contributed by atoms with Crippen molar-refractivity contribution in [1.29, 1.82) is 0 Å². The van der Waals surface area contributed by atoms with Gasteiger partial charge in [0.05, 0.1) is 0 Å². The second-order valence-electron chi connectivity index (χ2n) is 4.64. The lowest BCUT2D eigenvalue weighted by molar-refractivity contribution is 0.153. The van der Waals surface area contributed by atoms with Gasteiger partial charge in [0.2, 0.25) is 0 Å². The van der Waals surface area contributed by atoms with Crippen LogP contribution < -0.4 is 0 Å². The lowest BCUT2D eigenvalue weighted by Crippen LogP contribution is -2.54. The molecule has 0 aliphatic rings.